The maximum Gasteiger partial charge on any atom is 0.235 e. The first-order valence-electron chi connectivity index (χ1n) is 10.9. The van der Waals surface area contributed by atoms with Crippen LogP contribution in [0.2, 0.25) is 0 Å². The Bertz CT molecular complexity index is 284. The van der Waals surface area contributed by atoms with E-state index in [1.807, 2.05) is 0 Å². The van der Waals surface area contributed by atoms with Gasteiger partial charge < -0.3 is 0 Å². The normalized spacial score (nSPS) is 12.1. The van der Waals surface area contributed by atoms with Gasteiger partial charge in [0, 0.05) is 0 Å². The molecule has 1 atom stereocenters. The van der Waals surface area contributed by atoms with Crippen molar-refractivity contribution in [2.45, 2.75) is 135 Å². The number of rotatable bonds is 19. The van der Waals surface area contributed by atoms with Crippen molar-refractivity contribution in [2.24, 2.45) is 4.99 Å². The van der Waals surface area contributed by atoms with Crippen LogP contribution in [0.4, 0.5) is 0 Å². The van der Waals surface area contributed by atoms with Crippen molar-refractivity contribution in [2.75, 3.05) is 0 Å². The summed E-state index contributed by atoms with van der Waals surface area (Å²) in [6, 6.07) is 0.239. The van der Waals surface area contributed by atoms with E-state index >= 15 is 0 Å². The highest BCUT2D eigenvalue weighted by Gasteiger charge is 2.06. The SMILES string of the molecule is CCCCCCCCCCCCCC(CCCCCCC)N=C=O. The Balaban J connectivity index is 3.42. The molecular weight excluding hydrogens is 294 g/mol. The second kappa shape index (κ2) is 20.4. The van der Waals surface area contributed by atoms with Crippen LogP contribution >= 0.6 is 0 Å². The second-order valence-electron chi connectivity index (χ2n) is 7.40. The summed E-state index contributed by atoms with van der Waals surface area (Å²) in [4.78, 5) is 14.6. The molecule has 0 radical (unpaired) electrons. The van der Waals surface area contributed by atoms with Gasteiger partial charge in [-0.2, -0.15) is 0 Å². The standard InChI is InChI=1S/C22H43NO/c1-3-5-7-9-10-11-12-13-14-16-18-20-22(23-21-24)19-17-15-8-6-4-2/h22H,3-20H2,1-2H3. The van der Waals surface area contributed by atoms with Crippen molar-refractivity contribution < 1.29 is 4.79 Å². The lowest BCUT2D eigenvalue weighted by molar-refractivity contribution is 0.478. The third kappa shape index (κ3) is 17.7. The number of isocyanates is 1. The Labute approximate surface area is 151 Å². The molecule has 0 aromatic heterocycles. The molecule has 0 N–H and O–H groups in total. The largest absolute Gasteiger partial charge is 0.235 e. The summed E-state index contributed by atoms with van der Waals surface area (Å²) in [5, 5.41) is 0. The molecule has 0 aliphatic carbocycles. The van der Waals surface area contributed by atoms with Crippen molar-refractivity contribution in [1.29, 1.82) is 0 Å². The van der Waals surface area contributed by atoms with E-state index < -0.39 is 0 Å². The van der Waals surface area contributed by atoms with Crippen LogP contribution in [0.25, 0.3) is 0 Å². The quantitative estimate of drug-likeness (QED) is 0.134. The Morgan fingerprint density at radius 2 is 0.917 bits per heavy atom. The molecule has 0 heterocycles. The van der Waals surface area contributed by atoms with E-state index in [1.54, 1.807) is 6.08 Å². The highest BCUT2D eigenvalue weighted by Crippen LogP contribution is 2.16. The molecule has 0 aliphatic rings. The van der Waals surface area contributed by atoms with Crippen LogP contribution < -0.4 is 0 Å². The Morgan fingerprint density at radius 3 is 1.25 bits per heavy atom. The zero-order chi connectivity index (χ0) is 17.7. The second-order valence-corrected chi connectivity index (χ2v) is 7.40. The number of hydrogen-bond acceptors (Lipinski definition) is 2. The molecule has 2 heteroatoms. The molecule has 0 spiro atoms. The number of aliphatic imine (C=N–C) groups is 1. The molecule has 142 valence electrons. The summed E-state index contributed by atoms with van der Waals surface area (Å²) in [6.45, 7) is 4.52. The number of nitrogens with zero attached hydrogens (tertiary/aromatic N) is 1. The van der Waals surface area contributed by atoms with Crippen LogP contribution in [-0.2, 0) is 4.79 Å². The Morgan fingerprint density at radius 1 is 0.583 bits per heavy atom. The van der Waals surface area contributed by atoms with Gasteiger partial charge in [-0.3, -0.25) is 0 Å². The van der Waals surface area contributed by atoms with Gasteiger partial charge in [-0.05, 0) is 12.8 Å². The van der Waals surface area contributed by atoms with Crippen molar-refractivity contribution in [3.8, 4) is 0 Å². The molecular formula is C22H43NO. The van der Waals surface area contributed by atoms with Crippen LogP contribution in [0.1, 0.15) is 129 Å². The van der Waals surface area contributed by atoms with Crippen LogP contribution in [0.5, 0.6) is 0 Å². The average Bonchev–Trinajstić information content (AvgIpc) is 2.59. The zero-order valence-electron chi connectivity index (χ0n) is 16.7. The van der Waals surface area contributed by atoms with Crippen LogP contribution in [-0.4, -0.2) is 12.1 Å². The minimum absolute atomic E-state index is 0.239. The Kier molecular flexibility index (Phi) is 19.9. The minimum atomic E-state index is 0.239. The molecule has 0 rings (SSSR count). The molecule has 0 saturated heterocycles. The number of hydrogen-bond donors (Lipinski definition) is 0. The summed E-state index contributed by atoms with van der Waals surface area (Å²) >= 11 is 0. The third-order valence-corrected chi connectivity index (χ3v) is 5.02. The van der Waals surface area contributed by atoms with Gasteiger partial charge in [0.1, 0.15) is 0 Å². The van der Waals surface area contributed by atoms with Gasteiger partial charge in [0.15, 0.2) is 0 Å². The molecule has 2 nitrogen and oxygen atoms in total. The van der Waals surface area contributed by atoms with Gasteiger partial charge in [-0.25, -0.2) is 9.79 Å². The lowest BCUT2D eigenvalue weighted by atomic mass is 10.0. The van der Waals surface area contributed by atoms with E-state index in [1.165, 1.54) is 103 Å². The summed E-state index contributed by atoms with van der Waals surface area (Å²) in [5.74, 6) is 0. The molecule has 0 bridgehead atoms. The zero-order valence-corrected chi connectivity index (χ0v) is 16.7. The van der Waals surface area contributed by atoms with Crippen LogP contribution in [0.15, 0.2) is 4.99 Å². The van der Waals surface area contributed by atoms with Gasteiger partial charge >= 0.3 is 0 Å². The van der Waals surface area contributed by atoms with Crippen LogP contribution in [0, 0.1) is 0 Å². The van der Waals surface area contributed by atoms with Crippen molar-refractivity contribution >= 4 is 6.08 Å². The maximum absolute atomic E-state index is 10.6. The molecule has 24 heavy (non-hydrogen) atoms. The first kappa shape index (κ1) is 23.4. The van der Waals surface area contributed by atoms with Gasteiger partial charge in [-0.1, -0.05) is 117 Å². The van der Waals surface area contributed by atoms with E-state index in [-0.39, 0.29) is 6.04 Å². The highest BCUT2D eigenvalue weighted by atomic mass is 16.1. The van der Waals surface area contributed by atoms with Crippen LogP contribution in [0.3, 0.4) is 0 Å². The van der Waals surface area contributed by atoms with Gasteiger partial charge in [0.2, 0.25) is 6.08 Å². The van der Waals surface area contributed by atoms with Gasteiger partial charge in [0.05, 0.1) is 6.04 Å². The lowest BCUT2D eigenvalue weighted by Gasteiger charge is -2.10. The fourth-order valence-corrected chi connectivity index (χ4v) is 3.38. The molecule has 1 unspecified atom stereocenters. The van der Waals surface area contributed by atoms with E-state index in [0.29, 0.717) is 0 Å². The average molecular weight is 338 g/mol. The number of unbranched alkanes of at least 4 members (excludes halogenated alkanes) is 14. The fraction of sp³-hybridized carbons (Fsp3) is 0.955. The summed E-state index contributed by atoms with van der Waals surface area (Å²) in [7, 11) is 0. The molecule has 0 fully saturated rings. The van der Waals surface area contributed by atoms with E-state index in [0.717, 1.165) is 12.8 Å². The fourth-order valence-electron chi connectivity index (χ4n) is 3.38. The Hall–Kier alpha value is -0.620. The van der Waals surface area contributed by atoms with E-state index in [2.05, 4.69) is 18.8 Å². The smallest absolute Gasteiger partial charge is 0.211 e. The topological polar surface area (TPSA) is 29.4 Å². The first-order valence-corrected chi connectivity index (χ1v) is 10.9. The predicted molar refractivity (Wildman–Crippen MR) is 106 cm³/mol. The summed E-state index contributed by atoms with van der Waals surface area (Å²) in [5.41, 5.74) is 0. The van der Waals surface area contributed by atoms with Crippen molar-refractivity contribution in [3.05, 3.63) is 0 Å². The first-order chi connectivity index (χ1) is 11.8. The molecule has 0 amide bonds. The van der Waals surface area contributed by atoms with Crippen molar-refractivity contribution in [3.63, 3.8) is 0 Å². The summed E-state index contributed by atoms with van der Waals surface area (Å²) in [6.07, 6.45) is 25.5. The molecule has 0 saturated carbocycles. The van der Waals surface area contributed by atoms with Gasteiger partial charge in [-0.15, -0.1) is 0 Å². The van der Waals surface area contributed by atoms with E-state index in [9.17, 15) is 4.79 Å². The molecule has 0 aliphatic heterocycles. The minimum Gasteiger partial charge on any atom is -0.211 e. The monoisotopic (exact) mass is 337 g/mol. The molecule has 0 aromatic carbocycles. The van der Waals surface area contributed by atoms with Crippen molar-refractivity contribution in [1.82, 2.24) is 0 Å². The highest BCUT2D eigenvalue weighted by molar-refractivity contribution is 5.33. The third-order valence-electron chi connectivity index (χ3n) is 5.02. The number of carbonyl (C=O) groups excluding carboxylic acids is 1. The van der Waals surface area contributed by atoms with E-state index in [4.69, 9.17) is 0 Å². The lowest BCUT2D eigenvalue weighted by Crippen LogP contribution is -2.04. The van der Waals surface area contributed by atoms with Gasteiger partial charge in [0.25, 0.3) is 0 Å². The molecule has 0 aromatic rings. The predicted octanol–water partition coefficient (Wildman–Crippen LogP) is 7.75. The maximum atomic E-state index is 10.6. The summed E-state index contributed by atoms with van der Waals surface area (Å²) < 4.78 is 0.